The summed E-state index contributed by atoms with van der Waals surface area (Å²) in [6, 6.07) is 3.26. The van der Waals surface area contributed by atoms with Gasteiger partial charge in [0.15, 0.2) is 11.5 Å². The van der Waals surface area contributed by atoms with Gasteiger partial charge in [0.1, 0.15) is 6.33 Å². The number of ether oxygens (including phenoxy) is 1. The highest BCUT2D eigenvalue weighted by atomic mass is 16.5. The normalized spacial score (nSPS) is 13.9. The van der Waals surface area contributed by atoms with Crippen LogP contribution in [-0.2, 0) is 9.53 Å². The predicted molar refractivity (Wildman–Crippen MR) is 84.1 cm³/mol. The number of carbonyl (C=O) groups is 2. The van der Waals surface area contributed by atoms with E-state index in [0.29, 0.717) is 36.5 Å². The maximum atomic E-state index is 12.3. The number of allylic oxidation sites excluding steroid dienone is 1. The van der Waals surface area contributed by atoms with Crippen molar-refractivity contribution in [3.8, 4) is 5.82 Å². The topological polar surface area (TPSA) is 99.0 Å². The van der Waals surface area contributed by atoms with E-state index in [-0.39, 0.29) is 11.7 Å². The van der Waals surface area contributed by atoms with Crippen molar-refractivity contribution in [1.29, 1.82) is 0 Å². The molecule has 0 saturated carbocycles. The number of amides is 1. The fraction of sp³-hybridized carbons (Fsp3) is 0.312. The van der Waals surface area contributed by atoms with Gasteiger partial charge in [-0.05, 0) is 38.3 Å². The van der Waals surface area contributed by atoms with E-state index in [1.54, 1.807) is 42.3 Å². The van der Waals surface area contributed by atoms with E-state index < -0.39 is 5.91 Å². The van der Waals surface area contributed by atoms with Gasteiger partial charge in [0, 0.05) is 18.1 Å². The molecule has 0 fully saturated rings. The van der Waals surface area contributed by atoms with Crippen molar-refractivity contribution in [3.05, 3.63) is 47.8 Å². The lowest BCUT2D eigenvalue weighted by Gasteiger charge is -2.09. The maximum Gasteiger partial charge on any atom is 0.335 e. The van der Waals surface area contributed by atoms with Crippen molar-refractivity contribution >= 4 is 11.9 Å². The minimum atomic E-state index is -0.390. The lowest BCUT2D eigenvalue weighted by molar-refractivity contribution is -0.138. The Balaban J connectivity index is 1.72. The molecule has 0 saturated heterocycles. The molecule has 2 aromatic rings. The Morgan fingerprint density at radius 1 is 1.29 bits per heavy atom. The van der Waals surface area contributed by atoms with Gasteiger partial charge in [-0.1, -0.05) is 0 Å². The Bertz CT molecular complexity index is 766. The van der Waals surface area contributed by atoms with Crippen LogP contribution in [-0.4, -0.2) is 38.2 Å². The number of hydrogen-bond donors (Lipinski definition) is 1. The van der Waals surface area contributed by atoms with Gasteiger partial charge in [-0.15, -0.1) is 10.2 Å². The molecule has 8 heteroatoms. The summed E-state index contributed by atoms with van der Waals surface area (Å²) in [6.07, 6.45) is 7.03. The second-order valence-corrected chi connectivity index (χ2v) is 5.23. The number of esters is 1. The standard InChI is InChI=1S/C16H17N5O3/c1-2-24-16(23)11-4-3-5-12(11)18-15(22)13-6-7-14(20-19-13)21-9-8-17-10-21/h6-10H,2-5H2,1H3,(H,18,22). The largest absolute Gasteiger partial charge is 0.463 e. The first-order valence-electron chi connectivity index (χ1n) is 7.71. The third kappa shape index (κ3) is 3.32. The van der Waals surface area contributed by atoms with E-state index in [9.17, 15) is 9.59 Å². The number of aromatic nitrogens is 4. The third-order valence-corrected chi connectivity index (χ3v) is 3.66. The molecule has 0 aliphatic heterocycles. The minimum Gasteiger partial charge on any atom is -0.463 e. The molecule has 0 spiro atoms. The first kappa shape index (κ1) is 15.9. The highest BCUT2D eigenvalue weighted by molar-refractivity contribution is 5.96. The smallest absolute Gasteiger partial charge is 0.335 e. The van der Waals surface area contributed by atoms with Gasteiger partial charge in [0.05, 0.1) is 12.2 Å². The Morgan fingerprint density at radius 2 is 2.17 bits per heavy atom. The van der Waals surface area contributed by atoms with Gasteiger partial charge in [-0.2, -0.15) is 0 Å². The van der Waals surface area contributed by atoms with E-state index in [0.717, 1.165) is 6.42 Å². The van der Waals surface area contributed by atoms with E-state index >= 15 is 0 Å². The van der Waals surface area contributed by atoms with Crippen LogP contribution in [0.2, 0.25) is 0 Å². The van der Waals surface area contributed by atoms with Gasteiger partial charge in [0.2, 0.25) is 0 Å². The van der Waals surface area contributed by atoms with Crippen LogP contribution in [0.5, 0.6) is 0 Å². The highest BCUT2D eigenvalue weighted by Gasteiger charge is 2.24. The molecule has 24 heavy (non-hydrogen) atoms. The molecular weight excluding hydrogens is 310 g/mol. The van der Waals surface area contributed by atoms with Crippen molar-refractivity contribution in [2.75, 3.05) is 6.61 Å². The molecule has 2 aromatic heterocycles. The quantitative estimate of drug-likeness (QED) is 0.833. The summed E-state index contributed by atoms with van der Waals surface area (Å²) in [7, 11) is 0. The van der Waals surface area contributed by atoms with Crippen LogP contribution >= 0.6 is 0 Å². The molecule has 0 aromatic carbocycles. The Hall–Kier alpha value is -3.03. The molecule has 0 unspecified atom stereocenters. The molecule has 0 atom stereocenters. The van der Waals surface area contributed by atoms with Crippen LogP contribution in [0.1, 0.15) is 36.7 Å². The van der Waals surface area contributed by atoms with Crippen LogP contribution in [0, 0.1) is 0 Å². The lowest BCUT2D eigenvalue weighted by atomic mass is 10.2. The van der Waals surface area contributed by atoms with Gasteiger partial charge < -0.3 is 10.1 Å². The Morgan fingerprint density at radius 3 is 2.83 bits per heavy atom. The zero-order valence-corrected chi connectivity index (χ0v) is 13.2. The van der Waals surface area contributed by atoms with Crippen LogP contribution in [0.4, 0.5) is 0 Å². The summed E-state index contributed by atoms with van der Waals surface area (Å²) < 4.78 is 6.70. The van der Waals surface area contributed by atoms with Crippen LogP contribution < -0.4 is 5.32 Å². The van der Waals surface area contributed by atoms with Crippen LogP contribution in [0.3, 0.4) is 0 Å². The molecule has 2 heterocycles. The molecule has 1 amide bonds. The van der Waals surface area contributed by atoms with Crippen LogP contribution in [0.15, 0.2) is 42.1 Å². The second-order valence-electron chi connectivity index (χ2n) is 5.23. The summed E-state index contributed by atoms with van der Waals surface area (Å²) in [6.45, 7) is 2.06. The Kier molecular flexibility index (Phi) is 4.64. The van der Waals surface area contributed by atoms with Crippen molar-refractivity contribution in [3.63, 3.8) is 0 Å². The van der Waals surface area contributed by atoms with Crippen LogP contribution in [0.25, 0.3) is 5.82 Å². The zero-order valence-electron chi connectivity index (χ0n) is 13.2. The molecule has 1 aliphatic rings. The molecule has 8 nitrogen and oxygen atoms in total. The van der Waals surface area contributed by atoms with Crippen molar-refractivity contribution < 1.29 is 14.3 Å². The fourth-order valence-electron chi connectivity index (χ4n) is 2.50. The summed E-state index contributed by atoms with van der Waals surface area (Å²) >= 11 is 0. The van der Waals surface area contributed by atoms with Crippen molar-refractivity contribution in [2.24, 2.45) is 0 Å². The molecule has 0 radical (unpaired) electrons. The maximum absolute atomic E-state index is 12.3. The molecule has 0 bridgehead atoms. The van der Waals surface area contributed by atoms with Gasteiger partial charge >= 0.3 is 5.97 Å². The lowest BCUT2D eigenvalue weighted by Crippen LogP contribution is -2.25. The number of nitrogens with zero attached hydrogens (tertiary/aromatic N) is 4. The Labute approximate surface area is 138 Å². The van der Waals surface area contributed by atoms with Gasteiger partial charge in [0.25, 0.3) is 5.91 Å². The summed E-state index contributed by atoms with van der Waals surface area (Å²) in [5.74, 6) is -0.193. The van der Waals surface area contributed by atoms with Gasteiger partial charge in [-0.25, -0.2) is 9.78 Å². The molecule has 1 aliphatic carbocycles. The first-order chi connectivity index (χ1) is 11.7. The number of rotatable bonds is 5. The van der Waals surface area contributed by atoms with E-state index in [1.807, 2.05) is 0 Å². The second kappa shape index (κ2) is 7.03. The number of carbonyl (C=O) groups excluding carboxylic acids is 2. The first-order valence-corrected chi connectivity index (χ1v) is 7.71. The predicted octanol–water partition coefficient (Wildman–Crippen LogP) is 1.39. The number of imidazole rings is 1. The van der Waals surface area contributed by atoms with Crippen molar-refractivity contribution in [2.45, 2.75) is 26.2 Å². The van der Waals surface area contributed by atoms with Crippen molar-refractivity contribution in [1.82, 2.24) is 25.1 Å². The van der Waals surface area contributed by atoms with E-state index in [2.05, 4.69) is 20.5 Å². The summed E-state index contributed by atoms with van der Waals surface area (Å²) in [5, 5.41) is 10.7. The molecule has 3 rings (SSSR count). The minimum absolute atomic E-state index is 0.182. The molecule has 124 valence electrons. The third-order valence-electron chi connectivity index (χ3n) is 3.66. The fourth-order valence-corrected chi connectivity index (χ4v) is 2.50. The highest BCUT2D eigenvalue weighted by Crippen LogP contribution is 2.25. The zero-order chi connectivity index (χ0) is 16.9. The van der Waals surface area contributed by atoms with E-state index in [4.69, 9.17) is 4.74 Å². The average Bonchev–Trinajstić information content (AvgIpc) is 3.27. The SMILES string of the molecule is CCOC(=O)C1=C(NC(=O)c2ccc(-n3ccnc3)nn2)CCC1. The number of nitrogens with one attached hydrogen (secondary N) is 1. The summed E-state index contributed by atoms with van der Waals surface area (Å²) in [5.41, 5.74) is 1.33. The number of hydrogen-bond acceptors (Lipinski definition) is 6. The average molecular weight is 327 g/mol. The molecular formula is C16H17N5O3. The molecule has 1 N–H and O–H groups in total. The van der Waals surface area contributed by atoms with E-state index in [1.165, 1.54) is 0 Å². The summed E-state index contributed by atoms with van der Waals surface area (Å²) in [4.78, 5) is 28.1. The monoisotopic (exact) mass is 327 g/mol. The van der Waals surface area contributed by atoms with Gasteiger partial charge in [-0.3, -0.25) is 9.36 Å².